The molecule has 1 saturated carbocycles. The van der Waals surface area contributed by atoms with Crippen molar-refractivity contribution in [2.24, 2.45) is 11.7 Å². The van der Waals surface area contributed by atoms with Crippen molar-refractivity contribution in [1.82, 2.24) is 4.31 Å². The first-order chi connectivity index (χ1) is 9.02. The van der Waals surface area contributed by atoms with Crippen molar-refractivity contribution in [1.29, 1.82) is 0 Å². The molecule has 1 saturated heterocycles. The van der Waals surface area contributed by atoms with Gasteiger partial charge in [0, 0.05) is 19.1 Å². The van der Waals surface area contributed by atoms with Gasteiger partial charge in [0.05, 0.1) is 4.90 Å². The van der Waals surface area contributed by atoms with Gasteiger partial charge in [-0.25, -0.2) is 8.42 Å². The predicted octanol–water partition coefficient (Wildman–Crippen LogP) is 1.63. The summed E-state index contributed by atoms with van der Waals surface area (Å²) in [5.74, 6) is 0.573. The van der Waals surface area contributed by atoms with E-state index in [-0.39, 0.29) is 6.04 Å². The summed E-state index contributed by atoms with van der Waals surface area (Å²) in [6.45, 7) is 2.99. The molecule has 1 heterocycles. The van der Waals surface area contributed by atoms with Crippen LogP contribution in [0.15, 0.2) is 23.1 Å². The molecule has 0 spiro atoms. The lowest BCUT2D eigenvalue weighted by atomic mass is 10.1. The van der Waals surface area contributed by atoms with Crippen LogP contribution < -0.4 is 5.73 Å². The molecule has 0 aromatic heterocycles. The van der Waals surface area contributed by atoms with Crippen molar-refractivity contribution in [3.63, 3.8) is 0 Å². The largest absolute Gasteiger partial charge is 0.326 e. The predicted molar refractivity (Wildman–Crippen MR) is 74.1 cm³/mol. The first-order valence-corrected chi connectivity index (χ1v) is 8.28. The zero-order valence-electron chi connectivity index (χ0n) is 11.2. The average Bonchev–Trinajstić information content (AvgIpc) is 3.00. The maximum absolute atomic E-state index is 12.7. The number of rotatable bonds is 3. The van der Waals surface area contributed by atoms with E-state index in [1.165, 1.54) is 6.42 Å². The molecule has 2 fully saturated rings. The number of piperidine rings is 1. The minimum Gasteiger partial charge on any atom is -0.326 e. The molecule has 3 rings (SSSR count). The first-order valence-electron chi connectivity index (χ1n) is 6.84. The Balaban J connectivity index is 1.96. The summed E-state index contributed by atoms with van der Waals surface area (Å²) >= 11 is 0. The number of hydrogen-bond donors (Lipinski definition) is 1. The molecule has 19 heavy (non-hydrogen) atoms. The molecule has 0 amide bonds. The summed E-state index contributed by atoms with van der Waals surface area (Å²) in [6.07, 6.45) is 3.24. The van der Waals surface area contributed by atoms with Crippen LogP contribution >= 0.6 is 0 Å². The Bertz CT molecular complexity index is 597. The quantitative estimate of drug-likeness (QED) is 0.915. The Morgan fingerprint density at radius 3 is 2.68 bits per heavy atom. The van der Waals surface area contributed by atoms with Crippen molar-refractivity contribution in [3.05, 3.63) is 29.3 Å². The number of fused-ring (bicyclic) bond motifs is 2. The van der Waals surface area contributed by atoms with E-state index in [0.717, 1.165) is 24.0 Å². The van der Waals surface area contributed by atoms with Gasteiger partial charge < -0.3 is 5.73 Å². The van der Waals surface area contributed by atoms with Crippen LogP contribution in [-0.4, -0.2) is 25.3 Å². The Morgan fingerprint density at radius 1 is 1.37 bits per heavy atom. The molecule has 5 heteroatoms. The molecule has 2 atom stereocenters. The standard InChI is InChI=1S/C14H20N2O2S/c1-10-6-11(8-15)3-5-14(10)19(17,18)16-9-12-2-4-13(16)7-12/h3,5-6,12-13H,2,4,7-9,15H2,1H3. The number of nitrogens with zero attached hydrogens (tertiary/aromatic N) is 1. The maximum atomic E-state index is 12.7. The second-order valence-corrected chi connectivity index (χ2v) is 7.57. The van der Waals surface area contributed by atoms with Crippen LogP contribution in [0.5, 0.6) is 0 Å². The van der Waals surface area contributed by atoms with Crippen molar-refractivity contribution >= 4 is 10.0 Å². The topological polar surface area (TPSA) is 63.4 Å². The molecular formula is C14H20N2O2S. The van der Waals surface area contributed by atoms with Crippen LogP contribution in [0.3, 0.4) is 0 Å². The smallest absolute Gasteiger partial charge is 0.243 e. The maximum Gasteiger partial charge on any atom is 0.243 e. The minimum absolute atomic E-state index is 0.226. The van der Waals surface area contributed by atoms with E-state index in [9.17, 15) is 8.42 Å². The van der Waals surface area contributed by atoms with Crippen LogP contribution in [0.1, 0.15) is 30.4 Å². The fourth-order valence-electron chi connectivity index (χ4n) is 3.43. The molecular weight excluding hydrogens is 260 g/mol. The average molecular weight is 280 g/mol. The molecule has 104 valence electrons. The van der Waals surface area contributed by atoms with Gasteiger partial charge in [-0.05, 0) is 49.3 Å². The van der Waals surface area contributed by atoms with Crippen molar-refractivity contribution in [2.45, 2.75) is 43.7 Å². The lowest BCUT2D eigenvalue weighted by Crippen LogP contribution is -2.37. The Hall–Kier alpha value is -0.910. The lowest BCUT2D eigenvalue weighted by molar-refractivity contribution is 0.333. The monoisotopic (exact) mass is 280 g/mol. The summed E-state index contributed by atoms with van der Waals surface area (Å²) in [4.78, 5) is 0.442. The molecule has 2 bridgehead atoms. The van der Waals surface area contributed by atoms with Crippen molar-refractivity contribution in [3.8, 4) is 0 Å². The second kappa shape index (κ2) is 4.58. The summed E-state index contributed by atoms with van der Waals surface area (Å²) in [6, 6.07) is 5.62. The highest BCUT2D eigenvalue weighted by atomic mass is 32.2. The number of benzene rings is 1. The van der Waals surface area contributed by atoms with Gasteiger partial charge in [-0.1, -0.05) is 12.1 Å². The van der Waals surface area contributed by atoms with Crippen LogP contribution in [0.25, 0.3) is 0 Å². The number of nitrogens with two attached hydrogens (primary N) is 1. The van der Waals surface area contributed by atoms with Crippen molar-refractivity contribution < 1.29 is 8.42 Å². The Kier molecular flexibility index (Phi) is 3.15. The van der Waals surface area contributed by atoms with Gasteiger partial charge >= 0.3 is 0 Å². The van der Waals surface area contributed by atoms with E-state index in [1.807, 2.05) is 19.1 Å². The van der Waals surface area contributed by atoms with Gasteiger partial charge in [-0.2, -0.15) is 4.31 Å². The van der Waals surface area contributed by atoms with Gasteiger partial charge in [-0.15, -0.1) is 0 Å². The summed E-state index contributed by atoms with van der Waals surface area (Å²) < 4.78 is 27.2. The third-order valence-electron chi connectivity index (χ3n) is 4.42. The molecule has 0 radical (unpaired) electrons. The number of aryl methyl sites for hydroxylation is 1. The fraction of sp³-hybridized carbons (Fsp3) is 0.571. The highest BCUT2D eigenvalue weighted by molar-refractivity contribution is 7.89. The van der Waals surface area contributed by atoms with E-state index < -0.39 is 10.0 Å². The minimum atomic E-state index is -3.33. The fourth-order valence-corrected chi connectivity index (χ4v) is 5.38. The first kappa shape index (κ1) is 13.1. The van der Waals surface area contributed by atoms with E-state index in [1.54, 1.807) is 10.4 Å². The van der Waals surface area contributed by atoms with Crippen LogP contribution in [0, 0.1) is 12.8 Å². The third kappa shape index (κ3) is 2.10. The highest BCUT2D eigenvalue weighted by Gasteiger charge is 2.44. The molecule has 1 aliphatic carbocycles. The SMILES string of the molecule is Cc1cc(CN)ccc1S(=O)(=O)N1CC2CCC1C2. The molecule has 1 aromatic carbocycles. The van der Waals surface area contributed by atoms with E-state index in [2.05, 4.69) is 0 Å². The summed E-state index contributed by atoms with van der Waals surface area (Å²) in [5, 5.41) is 0. The van der Waals surface area contributed by atoms with Gasteiger partial charge in [-0.3, -0.25) is 0 Å². The van der Waals surface area contributed by atoms with Gasteiger partial charge in [0.15, 0.2) is 0 Å². The molecule has 2 aliphatic rings. The number of hydrogen-bond acceptors (Lipinski definition) is 3. The van der Waals surface area contributed by atoms with E-state index in [0.29, 0.717) is 23.9 Å². The summed E-state index contributed by atoms with van der Waals surface area (Å²) in [7, 11) is -3.33. The normalized spacial score (nSPS) is 27.1. The van der Waals surface area contributed by atoms with Crippen LogP contribution in [-0.2, 0) is 16.6 Å². The third-order valence-corrected chi connectivity index (χ3v) is 6.50. The number of sulfonamides is 1. The highest BCUT2D eigenvalue weighted by Crippen LogP contribution is 2.40. The lowest BCUT2D eigenvalue weighted by Gasteiger charge is -2.26. The summed E-state index contributed by atoms with van der Waals surface area (Å²) in [5.41, 5.74) is 7.36. The zero-order chi connectivity index (χ0) is 13.6. The van der Waals surface area contributed by atoms with Crippen LogP contribution in [0.4, 0.5) is 0 Å². The van der Waals surface area contributed by atoms with Crippen LogP contribution in [0.2, 0.25) is 0 Å². The van der Waals surface area contributed by atoms with Crippen molar-refractivity contribution in [2.75, 3.05) is 6.54 Å². The molecule has 2 unspecified atom stereocenters. The molecule has 1 aromatic rings. The van der Waals surface area contributed by atoms with Gasteiger partial charge in [0.2, 0.25) is 10.0 Å². The Labute approximate surface area is 114 Å². The Morgan fingerprint density at radius 2 is 2.16 bits per heavy atom. The zero-order valence-corrected chi connectivity index (χ0v) is 12.0. The molecule has 1 aliphatic heterocycles. The van der Waals surface area contributed by atoms with E-state index >= 15 is 0 Å². The molecule has 2 N–H and O–H groups in total. The van der Waals surface area contributed by atoms with Gasteiger partial charge in [0.25, 0.3) is 0 Å². The van der Waals surface area contributed by atoms with Gasteiger partial charge in [0.1, 0.15) is 0 Å². The molecule has 4 nitrogen and oxygen atoms in total. The van der Waals surface area contributed by atoms with E-state index in [4.69, 9.17) is 5.73 Å². The second-order valence-electron chi connectivity index (χ2n) is 5.71.